The summed E-state index contributed by atoms with van der Waals surface area (Å²) >= 11 is 9.50. The largest absolute Gasteiger partial charge is 0.506 e. The highest BCUT2D eigenvalue weighted by Gasteiger charge is 2.53. The molecule has 27 nitrogen and oxygen atoms in total. The summed E-state index contributed by atoms with van der Waals surface area (Å²) in [7, 11) is -1.59. The number of nitriles is 3. The molecule has 690 valence electrons. The fraction of sp³-hybridized carbons (Fsp3) is 0.398. The molecule has 2 heterocycles. The first-order chi connectivity index (χ1) is 60.2. The van der Waals surface area contributed by atoms with Gasteiger partial charge in [0.15, 0.2) is 13.2 Å². The molecule has 0 bridgehead atoms. The first-order valence-electron chi connectivity index (χ1n) is 42.1. The molecule has 8 aromatic rings. The molecule has 8 aromatic carbocycles. The quantitative estimate of drug-likeness (QED) is 0.0320. The zero-order chi connectivity index (χ0) is 98.1. The second-order valence-electron chi connectivity index (χ2n) is 36.9. The summed E-state index contributed by atoms with van der Waals surface area (Å²) in [6.07, 6.45) is 0. The molecule has 2 aliphatic rings. The smallest absolute Gasteiger partial charge is 0.498 e. The summed E-state index contributed by atoms with van der Waals surface area (Å²) in [5.74, 6) is -1.69. The number of carbonyl (C=O) groups is 8. The first kappa shape index (κ1) is 107. The van der Waals surface area contributed by atoms with Gasteiger partial charge in [-0.2, -0.15) is 15.8 Å². The average Bonchev–Trinajstić information content (AvgIpc) is 1.58. The molecule has 2 aliphatic heterocycles. The maximum atomic E-state index is 13.6. The number of nitrogens with one attached hydrogen (secondary N) is 5. The topological polar surface area (TPSA) is 368 Å². The third-order valence-corrected chi connectivity index (χ3v) is 22.4. The van der Waals surface area contributed by atoms with E-state index in [9.17, 15) is 53.7 Å². The summed E-state index contributed by atoms with van der Waals surface area (Å²) in [6.45, 7) is 52.9. The van der Waals surface area contributed by atoms with Crippen LogP contribution >= 0.6 is 47.8 Å². The van der Waals surface area contributed by atoms with Gasteiger partial charge in [-0.1, -0.05) is 96.8 Å². The number of aryl methyl sites for hydroxylation is 8. The van der Waals surface area contributed by atoms with Gasteiger partial charge in [0.1, 0.15) is 35.1 Å². The Kier molecular flexibility index (Phi) is 37.1. The molecule has 1 saturated heterocycles. The number of hydrazine groups is 4. The summed E-state index contributed by atoms with van der Waals surface area (Å²) in [4.78, 5) is 106. The van der Waals surface area contributed by atoms with Gasteiger partial charge >= 0.3 is 14.2 Å². The maximum absolute atomic E-state index is 13.6. The number of fused-ring (bicyclic) bond motifs is 1. The number of amides is 8. The van der Waals surface area contributed by atoms with E-state index in [0.29, 0.717) is 122 Å². The normalized spacial score (nSPS) is 13.0. The number of carbonyl (C=O) groups excluding carboxylic acids is 8. The van der Waals surface area contributed by atoms with Gasteiger partial charge in [0.25, 0.3) is 47.3 Å². The molecule has 0 aromatic heterocycles. The molecule has 1 fully saturated rings. The Morgan fingerprint density at radius 2 is 0.708 bits per heavy atom. The summed E-state index contributed by atoms with van der Waals surface area (Å²) in [5, 5.41) is 54.6. The van der Waals surface area contributed by atoms with Crippen LogP contribution in [0, 0.1) is 117 Å². The lowest BCUT2D eigenvalue weighted by molar-refractivity contribution is 0.00578. The number of rotatable bonds is 13. The van der Waals surface area contributed by atoms with Crippen molar-refractivity contribution in [3.63, 3.8) is 0 Å². The van der Waals surface area contributed by atoms with Crippen molar-refractivity contribution in [2.24, 2.45) is 0 Å². The maximum Gasteiger partial charge on any atom is 0.498 e. The third-order valence-electron chi connectivity index (χ3n) is 20.9. The number of nitrogens with zero attached hydrogens (tertiary/aromatic N) is 7. The fourth-order valence-corrected chi connectivity index (χ4v) is 15.0. The monoisotopic (exact) mass is 1960 g/mol. The number of alkyl halides is 1. The predicted molar refractivity (Wildman–Crippen MR) is 517 cm³/mol. The van der Waals surface area contributed by atoms with E-state index in [1.807, 2.05) is 221 Å². The standard InChI is InChI=1S/C29H38BN3O5.C23H30BN3O4.C23H26BrN3O3.C21H25BrN2O3.C2H2BrN/c1-18-15-19(2)17-21(16-18)26(35)33(27(4,5)6)32-25(34)22-11-12-23(24(20(22)3)36-14-13-31)30-37-28(7,8)29(9,10)38-30;1-14-11-15(2)13-17(12-14)22(29)27(23(4,5)6)26-21(28)18-7-8-19-20(16(18)3)31-10-9-25-24(19)30;1-14-11-15(2)13-17(12-14)22(29)27(23(4,5)6)26-21(28)18-7-8-19(24)20(16(18)3)30-10-9-25;1-12-9-13(2)11-15(10-12)20(27)24(21(4,5)6)23-19(26)16-7-8-17(22)18(25)14(16)3;3-1-2-4/h11-12,15-17H,14H2,1-10H3,(H,32,34);7-8,11-13,25,30H,9-10H2,1-6H3,(H,26,28);7-8,11-13H,10H2,1-6H3,(H,26,28);7-11,25H,1-6H3,(H,23,26);1H2. The van der Waals surface area contributed by atoms with Gasteiger partial charge in [-0.15, -0.1) is 0 Å². The third kappa shape index (κ3) is 28.1. The molecular weight excluding hydrogens is 1850 g/mol. The zero-order valence-electron chi connectivity index (χ0n) is 79.7. The van der Waals surface area contributed by atoms with Crippen LogP contribution in [0.3, 0.4) is 0 Å². The van der Waals surface area contributed by atoms with E-state index < -0.39 is 71.2 Å². The number of benzene rings is 8. The van der Waals surface area contributed by atoms with Crippen molar-refractivity contribution >= 4 is 120 Å². The molecule has 0 atom stereocenters. The predicted octanol–water partition coefficient (Wildman–Crippen LogP) is 16.7. The molecular formula is C98H121B2Br3N12O15. The van der Waals surface area contributed by atoms with Gasteiger partial charge in [-0.25, -0.2) is 20.0 Å². The van der Waals surface area contributed by atoms with Crippen LogP contribution in [-0.4, -0.2) is 157 Å². The lowest BCUT2D eigenvalue weighted by atomic mass is 9.72. The highest BCUT2D eigenvalue weighted by Crippen LogP contribution is 2.39. The number of phenolic OH excluding ortho intramolecular Hbond substituents is 1. The minimum Gasteiger partial charge on any atom is -0.506 e. The molecule has 0 spiro atoms. The minimum absolute atomic E-state index is 0.00518. The summed E-state index contributed by atoms with van der Waals surface area (Å²) < 4.78 is 30.6. The van der Waals surface area contributed by atoms with Crippen molar-refractivity contribution in [1.82, 2.24) is 47.0 Å². The van der Waals surface area contributed by atoms with Gasteiger partial charge in [0, 0.05) is 84.2 Å². The van der Waals surface area contributed by atoms with E-state index in [2.05, 4.69) is 74.7 Å². The average molecular weight is 1970 g/mol. The van der Waals surface area contributed by atoms with Gasteiger partial charge in [0.05, 0.1) is 60.3 Å². The van der Waals surface area contributed by atoms with Crippen LogP contribution < -0.4 is 52.1 Å². The van der Waals surface area contributed by atoms with Crippen LogP contribution in [0.1, 0.15) is 260 Å². The Bertz CT molecular complexity index is 5620. The first-order valence-corrected chi connectivity index (χ1v) is 44.8. The molecule has 32 heteroatoms. The van der Waals surface area contributed by atoms with Crippen LogP contribution in [0.4, 0.5) is 0 Å². The van der Waals surface area contributed by atoms with E-state index in [-0.39, 0.29) is 42.6 Å². The number of phenols is 1. The molecule has 0 unspecified atom stereocenters. The van der Waals surface area contributed by atoms with Gasteiger partial charge in [-0.05, 0) is 311 Å². The van der Waals surface area contributed by atoms with Crippen LogP contribution in [-0.2, 0) is 9.31 Å². The lowest BCUT2D eigenvalue weighted by Crippen LogP contribution is -2.56. The molecule has 8 amide bonds. The van der Waals surface area contributed by atoms with Crippen LogP contribution in [0.2, 0.25) is 0 Å². The molecule has 0 radical (unpaired) electrons. The Labute approximate surface area is 791 Å². The summed E-state index contributed by atoms with van der Waals surface area (Å²) in [6, 6.07) is 41.4. The van der Waals surface area contributed by atoms with Crippen molar-refractivity contribution in [2.45, 2.75) is 227 Å². The Balaban J connectivity index is 0.000000265. The number of aromatic hydroxyl groups is 1. The number of ether oxygens (including phenoxy) is 3. The van der Waals surface area contributed by atoms with Crippen LogP contribution in [0.15, 0.2) is 130 Å². The second kappa shape index (κ2) is 44.9. The minimum atomic E-state index is -0.856. The van der Waals surface area contributed by atoms with E-state index in [0.717, 1.165) is 44.5 Å². The van der Waals surface area contributed by atoms with Crippen molar-refractivity contribution < 1.29 is 72.0 Å². The molecule has 10 rings (SSSR count). The van der Waals surface area contributed by atoms with Crippen LogP contribution in [0.5, 0.6) is 23.0 Å². The molecule has 130 heavy (non-hydrogen) atoms. The highest BCUT2D eigenvalue weighted by atomic mass is 79.9. The number of hydrogen-bond acceptors (Lipinski definition) is 19. The highest BCUT2D eigenvalue weighted by molar-refractivity contribution is 9.11. The van der Waals surface area contributed by atoms with Gasteiger partial charge in [0.2, 0.25) is 0 Å². The Morgan fingerprint density at radius 1 is 0.431 bits per heavy atom. The fourth-order valence-electron chi connectivity index (χ4n) is 14.0. The van der Waals surface area contributed by atoms with Crippen molar-refractivity contribution in [2.75, 3.05) is 31.7 Å². The number of halogens is 3. The second-order valence-corrected chi connectivity index (χ2v) is 39.2. The van der Waals surface area contributed by atoms with Gasteiger partial charge < -0.3 is 38.9 Å². The van der Waals surface area contributed by atoms with E-state index in [1.54, 1.807) is 113 Å². The van der Waals surface area contributed by atoms with E-state index in [4.69, 9.17) is 34.0 Å². The Morgan fingerprint density at radius 3 is 1.02 bits per heavy atom. The van der Waals surface area contributed by atoms with Crippen molar-refractivity contribution in [1.29, 1.82) is 15.8 Å². The van der Waals surface area contributed by atoms with E-state index in [1.165, 1.54) is 20.0 Å². The zero-order valence-corrected chi connectivity index (χ0v) is 84.5. The SMILES string of the molecule is Cc1cc(C)cc(C(=O)N(NC(=O)c2ccc(B3OC(C)(C)C(C)(C)O3)c(OCC#N)c2C)C(C)(C)C)c1.Cc1cc(C)cc(C(=O)N(NC(=O)c2ccc(Br)c(O)c2C)C(C)(C)C)c1.Cc1cc(C)cc(C(=O)N(NC(=O)c2ccc(Br)c(OCC#N)c2C)C(C)(C)C)c1.Cc1cc(C)cc(C(=O)N(NC(=O)c2ccc3c(c2C)OCCNB3O)C(C)(C)C)c1.N#CCBr. The molecule has 7 N–H and O–H groups in total. The number of hydrogen-bond donors (Lipinski definition) is 7. The van der Waals surface area contributed by atoms with Gasteiger partial charge in [-0.3, -0.25) is 60.1 Å². The molecule has 0 aliphatic carbocycles. The lowest BCUT2D eigenvalue weighted by Gasteiger charge is -2.36. The summed E-state index contributed by atoms with van der Waals surface area (Å²) in [5.41, 5.74) is 21.8. The van der Waals surface area contributed by atoms with Crippen molar-refractivity contribution in [3.8, 4) is 41.2 Å². The Hall–Kier alpha value is -11.4. The van der Waals surface area contributed by atoms with Crippen LogP contribution in [0.25, 0.3) is 0 Å². The van der Waals surface area contributed by atoms with Crippen molar-refractivity contribution in [3.05, 3.63) is 242 Å². The molecule has 0 saturated carbocycles. The van der Waals surface area contributed by atoms with E-state index >= 15 is 0 Å².